The number of benzene rings is 1. The number of rotatable bonds is 5. The number of carbonyl (C=O) groups excluding carboxylic acids is 1. The molecule has 9 nitrogen and oxygen atoms in total. The Morgan fingerprint density at radius 1 is 1.33 bits per heavy atom. The number of halogens is 3. The summed E-state index contributed by atoms with van der Waals surface area (Å²) in [4.78, 5) is 29.6. The topological polar surface area (TPSA) is 127 Å². The summed E-state index contributed by atoms with van der Waals surface area (Å²) in [6.07, 6.45) is -1.48. The first-order valence-corrected chi connectivity index (χ1v) is 7.72. The molecule has 3 N–H and O–H groups in total. The molecule has 0 fully saturated rings. The molecule has 1 amide bonds. The molecule has 1 aromatic heterocycles. The minimum absolute atomic E-state index is 0.421. The van der Waals surface area contributed by atoms with Crippen molar-refractivity contribution < 1.29 is 36.8 Å². The second kappa shape index (κ2) is 6.69. The van der Waals surface area contributed by atoms with Crippen molar-refractivity contribution in [2.24, 2.45) is 0 Å². The Kier molecular flexibility index (Phi) is 5.04. The quantitative estimate of drug-likeness (QED) is 0.686. The number of amides is 1. The second-order valence-electron chi connectivity index (χ2n) is 4.43. The summed E-state index contributed by atoms with van der Waals surface area (Å²) in [7, 11) is -4.89. The van der Waals surface area contributed by atoms with Gasteiger partial charge in [0.15, 0.2) is 6.23 Å². The van der Waals surface area contributed by atoms with Gasteiger partial charge in [-0.05, 0) is 19.1 Å². The molecular formula is C11H10F3N4O5P. The smallest absolute Gasteiger partial charge is 0.318 e. The van der Waals surface area contributed by atoms with E-state index in [1.54, 1.807) is 0 Å². The molecule has 0 saturated heterocycles. The molecule has 0 radical (unpaired) electrons. The summed E-state index contributed by atoms with van der Waals surface area (Å²) < 4.78 is 54.8. The molecule has 2 rings (SSSR count). The first kappa shape index (κ1) is 18.1. The predicted octanol–water partition coefficient (Wildman–Crippen LogP) is 1.58. The lowest BCUT2D eigenvalue weighted by atomic mass is 10.3. The average Bonchev–Trinajstić information content (AvgIpc) is 2.82. The number of hydrogen-bond donors (Lipinski definition) is 3. The molecule has 1 atom stereocenters. The van der Waals surface area contributed by atoms with E-state index in [0.29, 0.717) is 10.9 Å². The maximum atomic E-state index is 13.7. The van der Waals surface area contributed by atoms with Crippen LogP contribution >= 0.6 is 7.82 Å². The van der Waals surface area contributed by atoms with Crippen LogP contribution in [0.5, 0.6) is 0 Å². The van der Waals surface area contributed by atoms with Crippen LogP contribution in [0.1, 0.15) is 23.6 Å². The van der Waals surface area contributed by atoms with Gasteiger partial charge in [-0.15, -0.1) is 10.2 Å². The Labute approximate surface area is 132 Å². The Hall–Kier alpha value is -2.27. The third-order valence-corrected chi connectivity index (χ3v) is 3.18. The van der Waals surface area contributed by atoms with Crippen LogP contribution in [0.2, 0.25) is 0 Å². The molecule has 2 aromatic rings. The molecule has 13 heteroatoms. The monoisotopic (exact) mass is 366 g/mol. The van der Waals surface area contributed by atoms with Crippen LogP contribution in [0, 0.1) is 17.6 Å². The van der Waals surface area contributed by atoms with Gasteiger partial charge in [0.2, 0.25) is 5.69 Å². The van der Waals surface area contributed by atoms with Crippen LogP contribution in [0.4, 0.5) is 18.9 Å². The molecule has 1 heterocycles. The van der Waals surface area contributed by atoms with Crippen molar-refractivity contribution in [1.29, 1.82) is 0 Å². The lowest BCUT2D eigenvalue weighted by Gasteiger charge is -2.11. The molecule has 0 aliphatic heterocycles. The summed E-state index contributed by atoms with van der Waals surface area (Å²) in [5.41, 5.74) is -1.30. The Morgan fingerprint density at radius 3 is 2.58 bits per heavy atom. The molecule has 0 bridgehead atoms. The lowest BCUT2D eigenvalue weighted by molar-refractivity contribution is 0.0753. The van der Waals surface area contributed by atoms with E-state index in [1.807, 2.05) is 5.32 Å². The van der Waals surface area contributed by atoms with Gasteiger partial charge in [0.1, 0.15) is 11.6 Å². The van der Waals surface area contributed by atoms with Gasteiger partial charge < -0.3 is 15.1 Å². The zero-order valence-corrected chi connectivity index (χ0v) is 12.7. The highest BCUT2D eigenvalue weighted by molar-refractivity contribution is 7.46. The summed E-state index contributed by atoms with van der Waals surface area (Å²) in [5, 5.41) is 8.51. The largest absolute Gasteiger partial charge is 0.471 e. The SMILES string of the molecule is CC(OP(=O)(O)O)n1nc(F)c(C(=O)Nc2ccc(F)cc2F)n1. The van der Waals surface area contributed by atoms with E-state index < -0.39 is 48.9 Å². The average molecular weight is 366 g/mol. The third-order valence-electron chi connectivity index (χ3n) is 2.60. The van der Waals surface area contributed by atoms with E-state index in [9.17, 15) is 22.5 Å². The van der Waals surface area contributed by atoms with E-state index in [1.165, 1.54) is 0 Å². The van der Waals surface area contributed by atoms with Crippen LogP contribution in [-0.4, -0.2) is 30.7 Å². The van der Waals surface area contributed by atoms with Gasteiger partial charge in [-0.25, -0.2) is 13.3 Å². The number of hydrogen-bond acceptors (Lipinski definition) is 5. The molecular weight excluding hydrogens is 356 g/mol. The van der Waals surface area contributed by atoms with Crippen LogP contribution in [0.15, 0.2) is 18.2 Å². The molecule has 130 valence electrons. The zero-order valence-electron chi connectivity index (χ0n) is 11.9. The van der Waals surface area contributed by atoms with E-state index >= 15 is 0 Å². The van der Waals surface area contributed by atoms with Gasteiger partial charge in [-0.3, -0.25) is 9.32 Å². The van der Waals surface area contributed by atoms with Crippen LogP contribution in [-0.2, 0) is 9.09 Å². The van der Waals surface area contributed by atoms with E-state index in [-0.39, 0.29) is 0 Å². The number of carbonyl (C=O) groups is 1. The fraction of sp³-hybridized carbons (Fsp3) is 0.182. The van der Waals surface area contributed by atoms with Crippen LogP contribution in [0.25, 0.3) is 0 Å². The summed E-state index contributed by atoms with van der Waals surface area (Å²) in [6.45, 7) is 1.10. The maximum Gasteiger partial charge on any atom is 0.471 e. The van der Waals surface area contributed by atoms with Crippen molar-refractivity contribution in [3.05, 3.63) is 41.5 Å². The molecule has 0 aliphatic rings. The highest BCUT2D eigenvalue weighted by atomic mass is 31.2. The number of nitrogens with zero attached hydrogens (tertiary/aromatic N) is 3. The van der Waals surface area contributed by atoms with Crippen molar-refractivity contribution >= 4 is 19.4 Å². The van der Waals surface area contributed by atoms with E-state index in [0.717, 1.165) is 19.1 Å². The van der Waals surface area contributed by atoms with Gasteiger partial charge >= 0.3 is 7.82 Å². The minimum Gasteiger partial charge on any atom is -0.318 e. The van der Waals surface area contributed by atoms with Gasteiger partial charge in [-0.2, -0.15) is 9.19 Å². The first-order valence-electron chi connectivity index (χ1n) is 6.19. The minimum atomic E-state index is -4.89. The third kappa shape index (κ3) is 4.38. The Balaban J connectivity index is 2.20. The molecule has 1 unspecified atom stereocenters. The fourth-order valence-corrected chi connectivity index (χ4v) is 2.10. The van der Waals surface area contributed by atoms with Gasteiger partial charge in [0.05, 0.1) is 5.69 Å². The van der Waals surface area contributed by atoms with Crippen LogP contribution in [0.3, 0.4) is 0 Å². The van der Waals surface area contributed by atoms with E-state index in [4.69, 9.17) is 9.79 Å². The Bertz CT molecular complexity index is 824. The molecule has 0 spiro atoms. The zero-order chi connectivity index (χ0) is 18.1. The summed E-state index contributed by atoms with van der Waals surface area (Å²) >= 11 is 0. The van der Waals surface area contributed by atoms with Gasteiger partial charge in [-0.1, -0.05) is 0 Å². The number of phosphoric acid groups is 1. The van der Waals surface area contributed by atoms with Crippen molar-refractivity contribution in [3.63, 3.8) is 0 Å². The number of aromatic nitrogens is 3. The van der Waals surface area contributed by atoms with Crippen molar-refractivity contribution in [2.75, 3.05) is 5.32 Å². The number of nitrogens with one attached hydrogen (secondary N) is 1. The Morgan fingerprint density at radius 2 is 2.00 bits per heavy atom. The lowest BCUT2D eigenvalue weighted by Crippen LogP contribution is -2.16. The predicted molar refractivity (Wildman–Crippen MR) is 72.1 cm³/mol. The highest BCUT2D eigenvalue weighted by Crippen LogP contribution is 2.40. The second-order valence-corrected chi connectivity index (χ2v) is 5.63. The van der Waals surface area contributed by atoms with Crippen molar-refractivity contribution in [3.8, 4) is 0 Å². The first-order chi connectivity index (χ1) is 11.1. The fourth-order valence-electron chi connectivity index (χ4n) is 1.62. The van der Waals surface area contributed by atoms with E-state index in [2.05, 4.69) is 14.7 Å². The summed E-state index contributed by atoms with van der Waals surface area (Å²) in [6, 6.07) is 2.31. The normalized spacial score (nSPS) is 12.9. The van der Waals surface area contributed by atoms with Crippen LogP contribution < -0.4 is 5.32 Å². The van der Waals surface area contributed by atoms with Crippen molar-refractivity contribution in [2.45, 2.75) is 13.2 Å². The standard InChI is InChI=1S/C11H10F3N4O5P/c1-5(23-24(20,21)22)18-16-9(10(14)17-18)11(19)15-8-3-2-6(12)4-7(8)13/h2-5H,1H3,(H,15,19)(H2,20,21,22). The number of phosphoric ester groups is 1. The highest BCUT2D eigenvalue weighted by Gasteiger charge is 2.26. The summed E-state index contributed by atoms with van der Waals surface area (Å²) in [5.74, 6) is -4.54. The molecule has 1 aromatic carbocycles. The number of anilines is 1. The van der Waals surface area contributed by atoms with Crippen molar-refractivity contribution in [1.82, 2.24) is 15.0 Å². The maximum absolute atomic E-state index is 13.7. The van der Waals surface area contributed by atoms with Gasteiger partial charge in [0.25, 0.3) is 11.9 Å². The molecule has 0 aliphatic carbocycles. The molecule has 0 saturated carbocycles. The van der Waals surface area contributed by atoms with Gasteiger partial charge in [0, 0.05) is 6.07 Å². The molecule has 24 heavy (non-hydrogen) atoms.